The highest BCUT2D eigenvalue weighted by molar-refractivity contribution is 14.1. The molecule has 0 radical (unpaired) electrons. The zero-order valence-electron chi connectivity index (χ0n) is 11.6. The van der Waals surface area contributed by atoms with Crippen molar-refractivity contribution in [2.75, 3.05) is 11.9 Å². The van der Waals surface area contributed by atoms with E-state index in [2.05, 4.69) is 37.9 Å². The first-order chi connectivity index (χ1) is 10.4. The first-order valence-corrected chi connectivity index (χ1v) is 7.57. The van der Waals surface area contributed by atoms with Gasteiger partial charge in [-0.3, -0.25) is 0 Å². The van der Waals surface area contributed by atoms with Crippen molar-refractivity contribution in [1.82, 2.24) is 9.97 Å². The van der Waals surface area contributed by atoms with Crippen LogP contribution in [0.25, 0.3) is 0 Å². The summed E-state index contributed by atoms with van der Waals surface area (Å²) in [5.74, 6) is -0.405. The SMILES string of the molecule is CCCOc1nc(Nc2ccc(I)cc2)ncc1C(F)(F)F. The fourth-order valence-corrected chi connectivity index (χ4v) is 1.95. The van der Waals surface area contributed by atoms with E-state index >= 15 is 0 Å². The van der Waals surface area contributed by atoms with E-state index in [-0.39, 0.29) is 12.6 Å². The molecule has 0 unspecified atom stereocenters. The second-order valence-electron chi connectivity index (χ2n) is 4.39. The van der Waals surface area contributed by atoms with Crippen LogP contribution in [0.5, 0.6) is 5.88 Å². The minimum Gasteiger partial charge on any atom is -0.477 e. The van der Waals surface area contributed by atoms with E-state index in [1.54, 1.807) is 19.1 Å². The highest BCUT2D eigenvalue weighted by atomic mass is 127. The average Bonchev–Trinajstić information content (AvgIpc) is 2.46. The maximum atomic E-state index is 12.9. The molecule has 0 spiro atoms. The largest absolute Gasteiger partial charge is 0.477 e. The lowest BCUT2D eigenvalue weighted by atomic mass is 10.3. The average molecular weight is 423 g/mol. The highest BCUT2D eigenvalue weighted by Gasteiger charge is 2.36. The van der Waals surface area contributed by atoms with Crippen LogP contribution in [-0.2, 0) is 6.18 Å². The van der Waals surface area contributed by atoms with Gasteiger partial charge in [-0.25, -0.2) is 4.98 Å². The number of halogens is 4. The summed E-state index contributed by atoms with van der Waals surface area (Å²) >= 11 is 2.16. The number of hydrogen-bond donors (Lipinski definition) is 1. The first kappa shape index (κ1) is 16.8. The van der Waals surface area contributed by atoms with Crippen LogP contribution in [0.4, 0.5) is 24.8 Å². The van der Waals surface area contributed by atoms with Crippen LogP contribution in [-0.4, -0.2) is 16.6 Å². The molecule has 0 saturated carbocycles. The number of hydrogen-bond acceptors (Lipinski definition) is 4. The normalized spacial score (nSPS) is 11.3. The molecule has 8 heteroatoms. The highest BCUT2D eigenvalue weighted by Crippen LogP contribution is 2.35. The van der Waals surface area contributed by atoms with Crippen molar-refractivity contribution < 1.29 is 17.9 Å². The molecular weight excluding hydrogens is 410 g/mol. The Labute approximate surface area is 139 Å². The van der Waals surface area contributed by atoms with Crippen LogP contribution in [0.2, 0.25) is 0 Å². The molecule has 0 aliphatic rings. The number of nitrogens with zero attached hydrogens (tertiary/aromatic N) is 2. The fraction of sp³-hybridized carbons (Fsp3) is 0.286. The van der Waals surface area contributed by atoms with E-state index < -0.39 is 17.6 Å². The van der Waals surface area contributed by atoms with Crippen molar-refractivity contribution in [1.29, 1.82) is 0 Å². The van der Waals surface area contributed by atoms with Gasteiger partial charge in [0.15, 0.2) is 0 Å². The third kappa shape index (κ3) is 4.46. The summed E-state index contributed by atoms with van der Waals surface area (Å²) in [6.07, 6.45) is -3.24. The standard InChI is InChI=1S/C14H13F3IN3O/c1-2-7-22-12-11(14(15,16)17)8-19-13(21-12)20-10-5-3-9(18)4-6-10/h3-6,8H,2,7H2,1H3,(H,19,20,21). The molecule has 1 aromatic carbocycles. The Morgan fingerprint density at radius 3 is 2.50 bits per heavy atom. The Kier molecular flexibility index (Phi) is 5.43. The van der Waals surface area contributed by atoms with E-state index in [0.29, 0.717) is 12.1 Å². The first-order valence-electron chi connectivity index (χ1n) is 6.49. The quantitative estimate of drug-likeness (QED) is 0.713. The molecule has 1 aromatic heterocycles. The number of alkyl halides is 3. The predicted octanol–water partition coefficient (Wildman–Crippen LogP) is 4.63. The number of aromatic nitrogens is 2. The van der Waals surface area contributed by atoms with Gasteiger partial charge in [-0.15, -0.1) is 0 Å². The minimum absolute atomic E-state index is 0.0558. The van der Waals surface area contributed by atoms with Gasteiger partial charge >= 0.3 is 6.18 Å². The fourth-order valence-electron chi connectivity index (χ4n) is 1.59. The van der Waals surface area contributed by atoms with Crippen LogP contribution < -0.4 is 10.1 Å². The van der Waals surface area contributed by atoms with Crippen molar-refractivity contribution in [2.45, 2.75) is 19.5 Å². The zero-order chi connectivity index (χ0) is 16.2. The van der Waals surface area contributed by atoms with Crippen LogP contribution >= 0.6 is 22.6 Å². The molecule has 0 amide bonds. The van der Waals surface area contributed by atoms with Crippen molar-refractivity contribution in [3.8, 4) is 5.88 Å². The van der Waals surface area contributed by atoms with Crippen molar-refractivity contribution in [2.24, 2.45) is 0 Å². The summed E-state index contributed by atoms with van der Waals surface area (Å²) in [5, 5.41) is 2.85. The summed E-state index contributed by atoms with van der Waals surface area (Å²) in [4.78, 5) is 7.54. The van der Waals surface area contributed by atoms with Crippen LogP contribution in [0.15, 0.2) is 30.5 Å². The molecular formula is C14H13F3IN3O. The van der Waals surface area contributed by atoms with Gasteiger partial charge < -0.3 is 10.1 Å². The molecule has 0 atom stereocenters. The van der Waals surface area contributed by atoms with E-state index in [9.17, 15) is 13.2 Å². The summed E-state index contributed by atoms with van der Waals surface area (Å²) in [6.45, 7) is 1.96. The summed E-state index contributed by atoms with van der Waals surface area (Å²) < 4.78 is 44.8. The maximum absolute atomic E-state index is 12.9. The van der Waals surface area contributed by atoms with Gasteiger partial charge in [-0.05, 0) is 53.3 Å². The van der Waals surface area contributed by atoms with Gasteiger partial charge in [0.1, 0.15) is 5.56 Å². The lowest BCUT2D eigenvalue weighted by Gasteiger charge is -2.13. The van der Waals surface area contributed by atoms with Crippen molar-refractivity contribution in [3.05, 3.63) is 39.6 Å². The van der Waals surface area contributed by atoms with Crippen molar-refractivity contribution >= 4 is 34.2 Å². The van der Waals surface area contributed by atoms with Crippen LogP contribution in [0.3, 0.4) is 0 Å². The second kappa shape index (κ2) is 7.12. The van der Waals surface area contributed by atoms with Gasteiger partial charge in [-0.2, -0.15) is 18.2 Å². The molecule has 4 nitrogen and oxygen atoms in total. The summed E-state index contributed by atoms with van der Waals surface area (Å²) in [5.41, 5.74) is -0.296. The Morgan fingerprint density at radius 2 is 1.91 bits per heavy atom. The molecule has 0 fully saturated rings. The van der Waals surface area contributed by atoms with Gasteiger partial charge in [0.25, 0.3) is 0 Å². The van der Waals surface area contributed by atoms with E-state index in [0.717, 1.165) is 9.77 Å². The smallest absolute Gasteiger partial charge is 0.423 e. The number of rotatable bonds is 5. The molecule has 0 saturated heterocycles. The third-order valence-electron chi connectivity index (χ3n) is 2.60. The lowest BCUT2D eigenvalue weighted by Crippen LogP contribution is -2.12. The minimum atomic E-state index is -4.55. The van der Waals surface area contributed by atoms with Gasteiger partial charge in [0, 0.05) is 15.5 Å². The van der Waals surface area contributed by atoms with Gasteiger partial charge in [0.05, 0.1) is 6.61 Å². The molecule has 2 aromatic rings. The van der Waals surface area contributed by atoms with E-state index in [1.807, 2.05) is 12.1 Å². The molecule has 0 aliphatic carbocycles. The van der Waals surface area contributed by atoms with Crippen LogP contribution in [0, 0.1) is 3.57 Å². The predicted molar refractivity (Wildman–Crippen MR) is 85.3 cm³/mol. The Morgan fingerprint density at radius 1 is 1.23 bits per heavy atom. The lowest BCUT2D eigenvalue weighted by molar-refractivity contribution is -0.139. The number of ether oxygens (including phenoxy) is 1. The van der Waals surface area contributed by atoms with Crippen LogP contribution in [0.1, 0.15) is 18.9 Å². The van der Waals surface area contributed by atoms with Gasteiger partial charge in [0.2, 0.25) is 11.8 Å². The van der Waals surface area contributed by atoms with Gasteiger partial charge in [-0.1, -0.05) is 6.92 Å². The Hall–Kier alpha value is -1.58. The topological polar surface area (TPSA) is 47.0 Å². The zero-order valence-corrected chi connectivity index (χ0v) is 13.8. The second-order valence-corrected chi connectivity index (χ2v) is 5.64. The Balaban J connectivity index is 2.27. The third-order valence-corrected chi connectivity index (χ3v) is 3.32. The molecule has 0 aliphatic heterocycles. The summed E-state index contributed by atoms with van der Waals surface area (Å²) in [6, 6.07) is 7.30. The molecule has 118 valence electrons. The number of benzene rings is 1. The number of nitrogens with one attached hydrogen (secondary N) is 1. The Bertz CT molecular complexity index is 632. The van der Waals surface area contributed by atoms with E-state index in [4.69, 9.17) is 4.74 Å². The van der Waals surface area contributed by atoms with Crippen molar-refractivity contribution in [3.63, 3.8) is 0 Å². The van der Waals surface area contributed by atoms with E-state index in [1.165, 1.54) is 0 Å². The molecule has 2 rings (SSSR count). The molecule has 1 heterocycles. The molecule has 0 bridgehead atoms. The summed E-state index contributed by atoms with van der Waals surface area (Å²) in [7, 11) is 0. The monoisotopic (exact) mass is 423 g/mol. The maximum Gasteiger partial charge on any atom is 0.423 e. The molecule has 22 heavy (non-hydrogen) atoms. The molecule has 1 N–H and O–H groups in total. The number of anilines is 2.